The number of carbonyl (C=O) groups is 1. The van der Waals surface area contributed by atoms with E-state index in [1.165, 1.54) is 0 Å². The van der Waals surface area contributed by atoms with Crippen LogP contribution >= 0.6 is 0 Å². The average Bonchev–Trinajstić information content (AvgIpc) is 3.12. The predicted molar refractivity (Wildman–Crippen MR) is 130 cm³/mol. The van der Waals surface area contributed by atoms with E-state index >= 15 is 0 Å². The molecule has 0 aliphatic rings. The number of nitrogens with one attached hydrogen (secondary N) is 2. The third kappa shape index (κ3) is 6.01. The van der Waals surface area contributed by atoms with Crippen LogP contribution in [-0.2, 0) is 16.6 Å². The summed E-state index contributed by atoms with van der Waals surface area (Å²) in [6.07, 6.45) is 2.64. The minimum Gasteiger partial charge on any atom is -0.460 e. The van der Waals surface area contributed by atoms with Crippen LogP contribution in [0.15, 0.2) is 30.5 Å². The largest absolute Gasteiger partial charge is 0.460 e. The van der Waals surface area contributed by atoms with Crippen molar-refractivity contribution >= 4 is 34.2 Å². The molecule has 0 bridgehead atoms. The smallest absolute Gasteiger partial charge is 0.306 e. The molecule has 0 aliphatic carbocycles. The van der Waals surface area contributed by atoms with Crippen molar-refractivity contribution in [2.45, 2.75) is 59.1 Å². The van der Waals surface area contributed by atoms with Gasteiger partial charge in [0.05, 0.1) is 23.7 Å². The molecule has 3 aromatic rings. The maximum absolute atomic E-state index is 14.8. The number of esters is 1. The topological polar surface area (TPSA) is 105 Å². The summed E-state index contributed by atoms with van der Waals surface area (Å²) in [5, 5.41) is 20.9. The molecule has 2 N–H and O–H groups in total. The molecule has 34 heavy (non-hydrogen) atoms. The van der Waals surface area contributed by atoms with Crippen LogP contribution in [0, 0.1) is 23.1 Å². The van der Waals surface area contributed by atoms with Gasteiger partial charge in [-0.1, -0.05) is 13.3 Å². The normalized spacial score (nSPS) is 13.2. The van der Waals surface area contributed by atoms with E-state index in [9.17, 15) is 14.4 Å². The number of benzene rings is 1. The summed E-state index contributed by atoms with van der Waals surface area (Å²) < 4.78 is 22.0. The number of nitrogens with zero attached hydrogens (tertiary/aromatic N) is 4. The van der Waals surface area contributed by atoms with Gasteiger partial charge in [-0.15, -0.1) is 0 Å². The quantitative estimate of drug-likeness (QED) is 0.435. The third-order valence-corrected chi connectivity index (χ3v) is 5.55. The number of fused-ring (bicyclic) bond motifs is 1. The van der Waals surface area contributed by atoms with Gasteiger partial charge in [0.25, 0.3) is 0 Å². The first-order chi connectivity index (χ1) is 16.0. The number of carbonyl (C=O) groups excluding carboxylic acids is 1. The second-order valence-electron chi connectivity index (χ2n) is 9.39. The number of ether oxygens (including phenoxy) is 1. The summed E-state index contributed by atoms with van der Waals surface area (Å²) in [4.78, 5) is 16.7. The summed E-state index contributed by atoms with van der Waals surface area (Å²) in [5.41, 5.74) is 1.19. The molecule has 8 nitrogen and oxygen atoms in total. The number of aromatic nitrogens is 3. The fourth-order valence-corrected chi connectivity index (χ4v) is 3.75. The Morgan fingerprint density at radius 1 is 1.29 bits per heavy atom. The average molecular weight is 467 g/mol. The maximum Gasteiger partial charge on any atom is 0.306 e. The van der Waals surface area contributed by atoms with Crippen molar-refractivity contribution in [3.63, 3.8) is 0 Å². The van der Waals surface area contributed by atoms with Gasteiger partial charge < -0.3 is 15.4 Å². The number of rotatable bonds is 8. The highest BCUT2D eigenvalue weighted by Crippen LogP contribution is 2.27. The van der Waals surface area contributed by atoms with Crippen LogP contribution < -0.4 is 10.6 Å². The van der Waals surface area contributed by atoms with Crippen LogP contribution in [0.3, 0.4) is 0 Å². The van der Waals surface area contributed by atoms with Crippen molar-refractivity contribution < 1.29 is 13.9 Å². The van der Waals surface area contributed by atoms with E-state index in [4.69, 9.17) is 4.74 Å². The minimum absolute atomic E-state index is 0.0131. The van der Waals surface area contributed by atoms with E-state index in [2.05, 4.69) is 20.7 Å². The van der Waals surface area contributed by atoms with E-state index in [1.54, 1.807) is 10.9 Å². The lowest BCUT2D eigenvalue weighted by Gasteiger charge is -2.26. The molecule has 0 spiro atoms. The van der Waals surface area contributed by atoms with E-state index in [-0.39, 0.29) is 41.5 Å². The van der Waals surface area contributed by atoms with E-state index < -0.39 is 11.4 Å². The number of nitriles is 1. The highest BCUT2D eigenvalue weighted by Gasteiger charge is 2.25. The van der Waals surface area contributed by atoms with Gasteiger partial charge in [-0.2, -0.15) is 10.4 Å². The molecule has 9 heteroatoms. The summed E-state index contributed by atoms with van der Waals surface area (Å²) in [5.74, 6) is -0.768. The van der Waals surface area contributed by atoms with Crippen LogP contribution in [0.4, 0.5) is 21.7 Å². The Labute approximate surface area is 199 Å². The molecule has 0 amide bonds. The maximum atomic E-state index is 14.8. The summed E-state index contributed by atoms with van der Waals surface area (Å²) in [7, 11) is 1.86. The first kappa shape index (κ1) is 25.0. The molecule has 2 aromatic heterocycles. The van der Waals surface area contributed by atoms with E-state index in [0.717, 1.165) is 17.0 Å². The first-order valence-corrected chi connectivity index (χ1v) is 11.3. The first-order valence-electron chi connectivity index (χ1n) is 11.3. The molecule has 0 aliphatic heterocycles. The molecule has 1 aromatic carbocycles. The fourth-order valence-electron chi connectivity index (χ4n) is 3.75. The predicted octanol–water partition coefficient (Wildman–Crippen LogP) is 5.28. The molecule has 0 saturated heterocycles. The van der Waals surface area contributed by atoms with Gasteiger partial charge in [0.15, 0.2) is 17.5 Å². The Hall–Kier alpha value is -3.67. The van der Waals surface area contributed by atoms with Crippen LogP contribution in [0.1, 0.15) is 53.0 Å². The highest BCUT2D eigenvalue weighted by molar-refractivity contribution is 5.83. The zero-order valence-corrected chi connectivity index (χ0v) is 20.4. The Morgan fingerprint density at radius 3 is 2.68 bits per heavy atom. The number of anilines is 3. The molecule has 2 heterocycles. The number of halogens is 1. The van der Waals surface area contributed by atoms with Crippen LogP contribution in [0.25, 0.3) is 10.9 Å². The lowest BCUT2D eigenvalue weighted by molar-refractivity contribution is -0.156. The van der Waals surface area contributed by atoms with E-state index in [0.29, 0.717) is 12.1 Å². The van der Waals surface area contributed by atoms with Crippen molar-refractivity contribution in [3.8, 4) is 6.07 Å². The fraction of sp³-hybridized carbons (Fsp3) is 0.440. The molecule has 0 radical (unpaired) electrons. The van der Waals surface area contributed by atoms with Crippen LogP contribution in [0.2, 0.25) is 0 Å². The minimum atomic E-state index is -0.635. The Balaban J connectivity index is 1.80. The van der Waals surface area contributed by atoms with E-state index in [1.807, 2.05) is 65.9 Å². The summed E-state index contributed by atoms with van der Waals surface area (Å²) in [6, 6.07) is 8.53. The molecular formula is C25H31FN6O2. The van der Waals surface area contributed by atoms with Crippen molar-refractivity contribution in [2.24, 2.45) is 13.0 Å². The number of hydrogen-bond donors (Lipinski definition) is 2. The second-order valence-corrected chi connectivity index (χ2v) is 9.39. The second kappa shape index (κ2) is 10.1. The molecule has 3 rings (SSSR count). The summed E-state index contributed by atoms with van der Waals surface area (Å²) in [6.45, 7) is 9.32. The van der Waals surface area contributed by atoms with Crippen molar-refractivity contribution in [1.82, 2.24) is 14.8 Å². The standard InChI is InChI=1S/C25H31FN6O2/c1-7-16(12-22(33)34-25(3,4)5)15(2)29-24-20(26)11-17(13-27)23(31-24)30-19-8-9-21-18(10-19)14-28-32(21)6/h8-11,14-16H,7,12H2,1-6H3,(H2,29,30,31)/t15-,16-/m1/s1. The highest BCUT2D eigenvalue weighted by atomic mass is 19.1. The lowest BCUT2D eigenvalue weighted by atomic mass is 9.94. The van der Waals surface area contributed by atoms with Crippen LogP contribution in [0.5, 0.6) is 0 Å². The Bertz CT molecular complexity index is 1220. The number of hydrogen-bond acceptors (Lipinski definition) is 7. The van der Waals surface area contributed by atoms with Gasteiger partial charge >= 0.3 is 5.97 Å². The molecule has 180 valence electrons. The third-order valence-electron chi connectivity index (χ3n) is 5.55. The van der Waals surface area contributed by atoms with Gasteiger partial charge in [0.1, 0.15) is 11.7 Å². The van der Waals surface area contributed by atoms with Gasteiger partial charge in [0.2, 0.25) is 0 Å². The SMILES string of the molecule is CC[C@H](CC(=O)OC(C)(C)C)[C@@H](C)Nc1nc(Nc2ccc3c(cnn3C)c2)c(C#N)cc1F. The summed E-state index contributed by atoms with van der Waals surface area (Å²) >= 11 is 0. The van der Waals surface area contributed by atoms with Gasteiger partial charge in [-0.05, 0) is 57.9 Å². The van der Waals surface area contributed by atoms with Crippen molar-refractivity contribution in [3.05, 3.63) is 41.8 Å². The lowest BCUT2D eigenvalue weighted by Crippen LogP contribution is -2.31. The molecule has 0 unspecified atom stereocenters. The molecular weight excluding hydrogens is 435 g/mol. The van der Waals surface area contributed by atoms with Crippen molar-refractivity contribution in [2.75, 3.05) is 10.6 Å². The molecule has 0 saturated carbocycles. The van der Waals surface area contributed by atoms with Crippen LogP contribution in [-0.4, -0.2) is 32.4 Å². The molecule has 2 atom stereocenters. The Morgan fingerprint density at radius 2 is 2.03 bits per heavy atom. The number of pyridine rings is 1. The zero-order valence-electron chi connectivity index (χ0n) is 20.4. The molecule has 0 fully saturated rings. The van der Waals surface area contributed by atoms with Gasteiger partial charge in [0, 0.05) is 24.2 Å². The van der Waals surface area contributed by atoms with Crippen molar-refractivity contribution in [1.29, 1.82) is 5.26 Å². The van der Waals surface area contributed by atoms with Gasteiger partial charge in [-0.25, -0.2) is 9.37 Å². The van der Waals surface area contributed by atoms with Gasteiger partial charge in [-0.3, -0.25) is 9.48 Å². The monoisotopic (exact) mass is 466 g/mol. The zero-order chi connectivity index (χ0) is 25.0. The number of aryl methyl sites for hydroxylation is 1. The Kier molecular flexibility index (Phi) is 7.40.